The highest BCUT2D eigenvalue weighted by molar-refractivity contribution is 5.82. The van der Waals surface area contributed by atoms with E-state index in [9.17, 15) is 13.6 Å². The van der Waals surface area contributed by atoms with E-state index in [1.807, 2.05) is 13.8 Å². The van der Waals surface area contributed by atoms with Gasteiger partial charge in [-0.2, -0.15) is 0 Å². The largest absolute Gasteiger partial charge is 0.326 e. The van der Waals surface area contributed by atoms with Crippen LogP contribution >= 0.6 is 0 Å². The van der Waals surface area contributed by atoms with Crippen LogP contribution in [0.3, 0.4) is 0 Å². The standard InChI is InChI=1S/C17H25F2N3O/c1-10(20)16(23)22-14(17(2,3)21-4)9-13(19)15(22)11-6-5-7-12(18)8-11/h5-8,10,13-15,21H,9,20H2,1-4H3/t10-,13+,14-,15-/m1/s1. The van der Waals surface area contributed by atoms with Crippen molar-refractivity contribution in [3.05, 3.63) is 35.6 Å². The number of halogens is 2. The molecule has 128 valence electrons. The molecule has 23 heavy (non-hydrogen) atoms. The fourth-order valence-electron chi connectivity index (χ4n) is 3.22. The van der Waals surface area contributed by atoms with Gasteiger partial charge in [-0.1, -0.05) is 12.1 Å². The molecule has 1 fully saturated rings. The Morgan fingerprint density at radius 2 is 2.13 bits per heavy atom. The molecule has 0 saturated carbocycles. The predicted molar refractivity (Wildman–Crippen MR) is 86.1 cm³/mol. The lowest BCUT2D eigenvalue weighted by molar-refractivity contribution is -0.137. The normalized spacial score (nSPS) is 26.4. The van der Waals surface area contributed by atoms with Crippen LogP contribution in [0.25, 0.3) is 0 Å². The zero-order valence-corrected chi connectivity index (χ0v) is 14.0. The maximum atomic E-state index is 14.8. The van der Waals surface area contributed by atoms with Crippen molar-refractivity contribution >= 4 is 5.91 Å². The fraction of sp³-hybridized carbons (Fsp3) is 0.588. The van der Waals surface area contributed by atoms with Gasteiger partial charge in [-0.25, -0.2) is 8.78 Å². The number of hydrogen-bond donors (Lipinski definition) is 2. The highest BCUT2D eigenvalue weighted by atomic mass is 19.1. The summed E-state index contributed by atoms with van der Waals surface area (Å²) in [6, 6.07) is 3.84. The number of benzene rings is 1. The number of amides is 1. The topological polar surface area (TPSA) is 58.4 Å². The summed E-state index contributed by atoms with van der Waals surface area (Å²) >= 11 is 0. The molecule has 2 rings (SSSR count). The molecule has 3 N–H and O–H groups in total. The Kier molecular flexibility index (Phi) is 5.06. The molecule has 6 heteroatoms. The Morgan fingerprint density at radius 3 is 2.65 bits per heavy atom. The Labute approximate surface area is 136 Å². The smallest absolute Gasteiger partial charge is 0.240 e. The number of nitrogens with two attached hydrogens (primary N) is 1. The van der Waals surface area contributed by atoms with Crippen molar-refractivity contribution in [3.8, 4) is 0 Å². The van der Waals surface area contributed by atoms with E-state index in [4.69, 9.17) is 5.73 Å². The quantitative estimate of drug-likeness (QED) is 0.892. The Hall–Kier alpha value is -1.53. The van der Waals surface area contributed by atoms with Gasteiger partial charge in [0.05, 0.1) is 18.1 Å². The molecule has 1 saturated heterocycles. The molecule has 0 aromatic heterocycles. The number of likely N-dealkylation sites (N-methyl/N-ethyl adjacent to an activating group) is 1. The summed E-state index contributed by atoms with van der Waals surface area (Å²) in [4.78, 5) is 14.1. The molecule has 0 aliphatic carbocycles. The van der Waals surface area contributed by atoms with Crippen LogP contribution in [0.15, 0.2) is 24.3 Å². The number of nitrogens with one attached hydrogen (secondary N) is 1. The van der Waals surface area contributed by atoms with Gasteiger partial charge < -0.3 is 16.0 Å². The van der Waals surface area contributed by atoms with Crippen molar-refractivity contribution < 1.29 is 13.6 Å². The van der Waals surface area contributed by atoms with Crippen molar-refractivity contribution in [1.82, 2.24) is 10.2 Å². The van der Waals surface area contributed by atoms with Crippen LogP contribution in [0.1, 0.15) is 38.8 Å². The third-order valence-corrected chi connectivity index (χ3v) is 4.74. The van der Waals surface area contributed by atoms with Crippen LogP contribution in [-0.4, -0.2) is 41.6 Å². The molecule has 1 aliphatic rings. The maximum absolute atomic E-state index is 14.8. The first-order valence-corrected chi connectivity index (χ1v) is 7.85. The summed E-state index contributed by atoms with van der Waals surface area (Å²) < 4.78 is 28.4. The van der Waals surface area contributed by atoms with Gasteiger partial charge in [-0.15, -0.1) is 0 Å². The van der Waals surface area contributed by atoms with Crippen LogP contribution < -0.4 is 11.1 Å². The summed E-state index contributed by atoms with van der Waals surface area (Å²) in [5.74, 6) is -0.771. The lowest BCUT2D eigenvalue weighted by Crippen LogP contribution is -2.57. The third-order valence-electron chi connectivity index (χ3n) is 4.74. The summed E-state index contributed by atoms with van der Waals surface area (Å²) in [5, 5.41) is 3.14. The minimum atomic E-state index is -1.27. The second kappa shape index (κ2) is 6.53. The maximum Gasteiger partial charge on any atom is 0.240 e. The monoisotopic (exact) mass is 325 g/mol. The highest BCUT2D eigenvalue weighted by Crippen LogP contribution is 2.42. The number of carbonyl (C=O) groups is 1. The Morgan fingerprint density at radius 1 is 1.48 bits per heavy atom. The molecule has 1 aromatic carbocycles. The molecule has 0 bridgehead atoms. The van der Waals surface area contributed by atoms with E-state index in [0.29, 0.717) is 5.56 Å². The van der Waals surface area contributed by atoms with E-state index >= 15 is 0 Å². The van der Waals surface area contributed by atoms with Gasteiger partial charge in [0.25, 0.3) is 0 Å². The van der Waals surface area contributed by atoms with E-state index in [-0.39, 0.29) is 18.4 Å². The van der Waals surface area contributed by atoms with Gasteiger partial charge >= 0.3 is 0 Å². The predicted octanol–water partition coefficient (Wildman–Crippen LogP) is 2.15. The van der Waals surface area contributed by atoms with Crippen LogP contribution in [0.4, 0.5) is 8.78 Å². The highest BCUT2D eigenvalue weighted by Gasteiger charge is 2.50. The van der Waals surface area contributed by atoms with E-state index in [0.717, 1.165) is 0 Å². The van der Waals surface area contributed by atoms with E-state index in [2.05, 4.69) is 5.32 Å². The van der Waals surface area contributed by atoms with Crippen molar-refractivity contribution in [2.24, 2.45) is 5.73 Å². The first-order chi connectivity index (χ1) is 10.7. The molecule has 1 heterocycles. The minimum Gasteiger partial charge on any atom is -0.326 e. The van der Waals surface area contributed by atoms with E-state index in [1.165, 1.54) is 23.1 Å². The van der Waals surface area contributed by atoms with Crippen LogP contribution in [0, 0.1) is 5.82 Å². The van der Waals surface area contributed by atoms with Gasteiger partial charge in [0.1, 0.15) is 12.0 Å². The number of hydrogen-bond acceptors (Lipinski definition) is 3. The summed E-state index contributed by atoms with van der Waals surface area (Å²) in [6.07, 6.45) is -1.08. The number of carbonyl (C=O) groups excluding carboxylic acids is 1. The van der Waals surface area contributed by atoms with E-state index < -0.39 is 29.6 Å². The second-order valence-electron chi connectivity index (χ2n) is 6.77. The Balaban J connectivity index is 2.49. The number of rotatable bonds is 4. The van der Waals surface area contributed by atoms with E-state index in [1.54, 1.807) is 20.0 Å². The molecule has 4 nitrogen and oxygen atoms in total. The lowest BCUT2D eigenvalue weighted by Gasteiger charge is -2.40. The number of likely N-dealkylation sites (tertiary alicyclic amines) is 1. The third kappa shape index (κ3) is 3.38. The molecule has 1 aromatic rings. The second-order valence-corrected chi connectivity index (χ2v) is 6.77. The molecule has 0 spiro atoms. The van der Waals surface area contributed by atoms with Crippen molar-refractivity contribution in [1.29, 1.82) is 0 Å². The summed E-state index contributed by atoms with van der Waals surface area (Å²) in [6.45, 7) is 5.42. The average Bonchev–Trinajstić information content (AvgIpc) is 2.84. The average molecular weight is 325 g/mol. The summed E-state index contributed by atoms with van der Waals surface area (Å²) in [5.41, 5.74) is 5.74. The van der Waals surface area contributed by atoms with Crippen LogP contribution in [0.5, 0.6) is 0 Å². The van der Waals surface area contributed by atoms with Crippen molar-refractivity contribution in [2.45, 2.75) is 57.0 Å². The van der Waals surface area contributed by atoms with Gasteiger partial charge in [0.15, 0.2) is 0 Å². The van der Waals surface area contributed by atoms with Gasteiger partial charge in [0, 0.05) is 12.0 Å². The first-order valence-electron chi connectivity index (χ1n) is 7.85. The van der Waals surface area contributed by atoms with Crippen molar-refractivity contribution in [2.75, 3.05) is 7.05 Å². The molecular weight excluding hydrogens is 300 g/mol. The summed E-state index contributed by atoms with van der Waals surface area (Å²) in [7, 11) is 1.78. The molecule has 4 atom stereocenters. The molecule has 1 amide bonds. The van der Waals surface area contributed by atoms with Crippen LogP contribution in [0.2, 0.25) is 0 Å². The number of alkyl halides is 1. The lowest BCUT2D eigenvalue weighted by atomic mass is 9.92. The Bertz CT molecular complexity index is 577. The molecule has 0 radical (unpaired) electrons. The zero-order valence-electron chi connectivity index (χ0n) is 14.0. The molecule has 0 unspecified atom stereocenters. The van der Waals surface area contributed by atoms with Gasteiger partial charge in [-0.3, -0.25) is 4.79 Å². The van der Waals surface area contributed by atoms with Gasteiger partial charge in [-0.05, 0) is 45.5 Å². The zero-order chi connectivity index (χ0) is 17.4. The minimum absolute atomic E-state index is 0.188. The van der Waals surface area contributed by atoms with Crippen molar-refractivity contribution in [3.63, 3.8) is 0 Å². The molecule has 1 aliphatic heterocycles. The van der Waals surface area contributed by atoms with Gasteiger partial charge in [0.2, 0.25) is 5.91 Å². The first kappa shape index (κ1) is 17.8. The SMILES string of the molecule is CNC(C)(C)[C@H]1C[C@H](F)[C@@H](c2cccc(F)c2)N1C(=O)[C@@H](C)N. The van der Waals surface area contributed by atoms with Crippen LogP contribution in [-0.2, 0) is 4.79 Å². The molecular formula is C17H25F2N3O. The fourth-order valence-corrected chi connectivity index (χ4v) is 3.22. The number of nitrogens with zero attached hydrogens (tertiary/aromatic N) is 1.